The van der Waals surface area contributed by atoms with E-state index in [1.165, 1.54) is 6.07 Å². The standard InChI is InChI=1S/C10H14ClN3O4S/c1-13(2)6-5-12-19(17,18)10-7-8(14(15)16)3-4-9(10)11/h3-4,7,12H,5-6H2,1-2H3. The topological polar surface area (TPSA) is 92.6 Å². The fourth-order valence-electron chi connectivity index (χ4n) is 1.29. The molecule has 0 saturated heterocycles. The van der Waals surface area contributed by atoms with Crippen LogP contribution in [0.15, 0.2) is 23.1 Å². The Kier molecular flexibility index (Phi) is 5.24. The Labute approximate surface area is 116 Å². The number of halogens is 1. The Morgan fingerprint density at radius 3 is 2.58 bits per heavy atom. The van der Waals surface area contributed by atoms with Crippen LogP contribution in [0.4, 0.5) is 5.69 Å². The van der Waals surface area contributed by atoms with Crippen molar-refractivity contribution in [1.29, 1.82) is 0 Å². The van der Waals surface area contributed by atoms with Gasteiger partial charge in [0.1, 0.15) is 4.90 Å². The highest BCUT2D eigenvalue weighted by molar-refractivity contribution is 7.89. The monoisotopic (exact) mass is 307 g/mol. The Morgan fingerprint density at radius 2 is 2.05 bits per heavy atom. The first-order valence-corrected chi connectivity index (χ1v) is 7.18. The van der Waals surface area contributed by atoms with Gasteiger partial charge < -0.3 is 4.90 Å². The number of nitro benzene ring substituents is 1. The Hall–Kier alpha value is -1.22. The number of hydrogen-bond donors (Lipinski definition) is 1. The van der Waals surface area contributed by atoms with Crippen molar-refractivity contribution in [2.45, 2.75) is 4.90 Å². The second kappa shape index (κ2) is 6.29. The van der Waals surface area contributed by atoms with E-state index in [1.807, 2.05) is 0 Å². The van der Waals surface area contributed by atoms with Crippen LogP contribution in [-0.4, -0.2) is 45.4 Å². The van der Waals surface area contributed by atoms with Gasteiger partial charge in [0.25, 0.3) is 5.69 Å². The molecule has 1 rings (SSSR count). The van der Waals surface area contributed by atoms with Crippen LogP contribution in [0.1, 0.15) is 0 Å². The molecule has 1 aromatic carbocycles. The number of likely N-dealkylation sites (N-methyl/N-ethyl adjacent to an activating group) is 1. The van der Waals surface area contributed by atoms with Gasteiger partial charge in [-0.1, -0.05) is 11.6 Å². The first-order valence-electron chi connectivity index (χ1n) is 5.32. The fourth-order valence-corrected chi connectivity index (χ4v) is 2.83. The maximum Gasteiger partial charge on any atom is 0.270 e. The number of nitrogens with zero attached hydrogens (tertiary/aromatic N) is 2. The quantitative estimate of drug-likeness (QED) is 0.627. The van der Waals surface area contributed by atoms with Gasteiger partial charge in [-0.3, -0.25) is 10.1 Å². The first kappa shape index (κ1) is 15.8. The molecule has 0 spiro atoms. The first-order chi connectivity index (χ1) is 8.74. The zero-order valence-corrected chi connectivity index (χ0v) is 12.0. The molecule has 1 aromatic rings. The largest absolute Gasteiger partial charge is 0.308 e. The van der Waals surface area contributed by atoms with Gasteiger partial charge >= 0.3 is 0 Å². The van der Waals surface area contributed by atoms with Crippen LogP contribution in [-0.2, 0) is 10.0 Å². The van der Waals surface area contributed by atoms with Gasteiger partial charge in [-0.15, -0.1) is 0 Å². The summed E-state index contributed by atoms with van der Waals surface area (Å²) in [4.78, 5) is 11.5. The van der Waals surface area contributed by atoms with E-state index in [9.17, 15) is 18.5 Å². The van der Waals surface area contributed by atoms with Crippen molar-refractivity contribution in [3.8, 4) is 0 Å². The van der Waals surface area contributed by atoms with E-state index in [4.69, 9.17) is 11.6 Å². The van der Waals surface area contributed by atoms with Crippen molar-refractivity contribution >= 4 is 27.3 Å². The minimum Gasteiger partial charge on any atom is -0.308 e. The van der Waals surface area contributed by atoms with E-state index < -0.39 is 14.9 Å². The molecule has 106 valence electrons. The van der Waals surface area contributed by atoms with Crippen molar-refractivity contribution in [3.63, 3.8) is 0 Å². The molecule has 0 aliphatic rings. The Morgan fingerprint density at radius 1 is 1.42 bits per heavy atom. The number of rotatable bonds is 6. The predicted octanol–water partition coefficient (Wildman–Crippen LogP) is 1.09. The minimum absolute atomic E-state index is 0.0528. The van der Waals surface area contributed by atoms with Gasteiger partial charge in [0.2, 0.25) is 10.0 Å². The smallest absolute Gasteiger partial charge is 0.270 e. The number of nitrogens with one attached hydrogen (secondary N) is 1. The number of hydrogen-bond acceptors (Lipinski definition) is 5. The predicted molar refractivity (Wildman–Crippen MR) is 71.8 cm³/mol. The van der Waals surface area contributed by atoms with Crippen LogP contribution in [0.3, 0.4) is 0 Å². The van der Waals surface area contributed by atoms with Gasteiger partial charge in [-0.2, -0.15) is 0 Å². The van der Waals surface area contributed by atoms with Crippen LogP contribution in [0, 0.1) is 10.1 Å². The summed E-state index contributed by atoms with van der Waals surface area (Å²) < 4.78 is 26.3. The van der Waals surface area contributed by atoms with Crippen molar-refractivity contribution < 1.29 is 13.3 Å². The Balaban J connectivity index is 3.00. The lowest BCUT2D eigenvalue weighted by Gasteiger charge is -2.11. The van der Waals surface area contributed by atoms with Crippen LogP contribution in [0.5, 0.6) is 0 Å². The van der Waals surface area contributed by atoms with Gasteiger partial charge in [-0.25, -0.2) is 13.1 Å². The summed E-state index contributed by atoms with van der Waals surface area (Å²) in [7, 11) is -0.255. The maximum absolute atomic E-state index is 12.0. The third-order valence-electron chi connectivity index (χ3n) is 2.27. The molecule has 9 heteroatoms. The summed E-state index contributed by atoms with van der Waals surface area (Å²) >= 11 is 5.77. The van der Waals surface area contributed by atoms with Gasteiger partial charge in [0.15, 0.2) is 0 Å². The molecule has 0 aliphatic carbocycles. The average Bonchev–Trinajstić information content (AvgIpc) is 2.28. The number of non-ortho nitro benzene ring substituents is 1. The molecule has 0 aliphatic heterocycles. The summed E-state index contributed by atoms with van der Waals surface area (Å²) in [5.74, 6) is 0. The van der Waals surface area contributed by atoms with Gasteiger partial charge in [0.05, 0.1) is 9.95 Å². The third-order valence-corrected chi connectivity index (χ3v) is 4.21. The zero-order chi connectivity index (χ0) is 14.6. The second-order valence-corrected chi connectivity index (χ2v) is 6.22. The lowest BCUT2D eigenvalue weighted by atomic mass is 10.3. The number of sulfonamides is 1. The average molecular weight is 308 g/mol. The van der Waals surface area contributed by atoms with E-state index >= 15 is 0 Å². The number of nitro groups is 1. The summed E-state index contributed by atoms with van der Waals surface area (Å²) in [6, 6.07) is 3.29. The molecule has 7 nitrogen and oxygen atoms in total. The second-order valence-electron chi connectivity index (χ2n) is 4.07. The highest BCUT2D eigenvalue weighted by atomic mass is 35.5. The lowest BCUT2D eigenvalue weighted by molar-refractivity contribution is -0.385. The van der Waals surface area contributed by atoms with Crippen LogP contribution in [0.25, 0.3) is 0 Å². The lowest BCUT2D eigenvalue weighted by Crippen LogP contribution is -2.31. The molecule has 0 bridgehead atoms. The molecule has 0 radical (unpaired) electrons. The third kappa shape index (κ3) is 4.43. The van der Waals surface area contributed by atoms with Crippen LogP contribution < -0.4 is 4.72 Å². The molecule has 0 amide bonds. The van der Waals surface area contributed by atoms with E-state index in [0.717, 1.165) is 12.1 Å². The SMILES string of the molecule is CN(C)CCNS(=O)(=O)c1cc([N+](=O)[O-])ccc1Cl. The number of benzene rings is 1. The molecular weight excluding hydrogens is 294 g/mol. The summed E-state index contributed by atoms with van der Waals surface area (Å²) in [5, 5.41) is 10.6. The van der Waals surface area contributed by atoms with Crippen molar-refractivity contribution in [1.82, 2.24) is 9.62 Å². The summed E-state index contributed by atoms with van der Waals surface area (Å²) in [5.41, 5.74) is -0.322. The van der Waals surface area contributed by atoms with Crippen molar-refractivity contribution in [3.05, 3.63) is 33.3 Å². The molecule has 0 heterocycles. The van der Waals surface area contributed by atoms with Gasteiger partial charge in [0, 0.05) is 25.2 Å². The van der Waals surface area contributed by atoms with Crippen LogP contribution >= 0.6 is 11.6 Å². The zero-order valence-electron chi connectivity index (χ0n) is 10.5. The fraction of sp³-hybridized carbons (Fsp3) is 0.400. The molecule has 0 unspecified atom stereocenters. The highest BCUT2D eigenvalue weighted by Gasteiger charge is 2.21. The van der Waals surface area contributed by atoms with E-state index in [0.29, 0.717) is 6.54 Å². The van der Waals surface area contributed by atoms with Crippen molar-refractivity contribution in [2.75, 3.05) is 27.2 Å². The molecule has 1 N–H and O–H groups in total. The maximum atomic E-state index is 12.0. The van der Waals surface area contributed by atoms with E-state index in [2.05, 4.69) is 4.72 Å². The van der Waals surface area contributed by atoms with Crippen molar-refractivity contribution in [2.24, 2.45) is 0 Å². The summed E-state index contributed by atoms with van der Waals surface area (Å²) in [6.45, 7) is 0.695. The molecular formula is C10H14ClN3O4S. The van der Waals surface area contributed by atoms with Gasteiger partial charge in [-0.05, 0) is 20.2 Å². The molecule has 0 saturated carbocycles. The molecule has 0 fully saturated rings. The summed E-state index contributed by atoms with van der Waals surface area (Å²) in [6.07, 6.45) is 0. The normalized spacial score (nSPS) is 11.8. The molecule has 19 heavy (non-hydrogen) atoms. The van der Waals surface area contributed by atoms with Crippen LogP contribution in [0.2, 0.25) is 5.02 Å². The Bertz CT molecular complexity index is 574. The highest BCUT2D eigenvalue weighted by Crippen LogP contribution is 2.25. The molecule has 0 aromatic heterocycles. The minimum atomic E-state index is -3.86. The van der Waals surface area contributed by atoms with E-state index in [1.54, 1.807) is 19.0 Å². The van der Waals surface area contributed by atoms with E-state index in [-0.39, 0.29) is 22.2 Å². The molecule has 0 atom stereocenters.